The summed E-state index contributed by atoms with van der Waals surface area (Å²) in [4.78, 5) is 19.9. The van der Waals surface area contributed by atoms with Crippen LogP contribution in [0, 0.1) is 0 Å². The van der Waals surface area contributed by atoms with Crippen LogP contribution in [0.2, 0.25) is 0 Å². The molecule has 0 aliphatic carbocycles. The zero-order valence-corrected chi connectivity index (χ0v) is 9.68. The van der Waals surface area contributed by atoms with E-state index in [4.69, 9.17) is 4.74 Å². The number of hydrogen-bond acceptors (Lipinski definition) is 4. The van der Waals surface area contributed by atoms with Crippen LogP contribution in [0.15, 0.2) is 36.7 Å². The fraction of sp³-hybridized carbons (Fsp3) is 0.154. The van der Waals surface area contributed by atoms with E-state index in [0.29, 0.717) is 17.1 Å². The molecule has 1 heterocycles. The van der Waals surface area contributed by atoms with E-state index in [0.717, 1.165) is 5.56 Å². The van der Waals surface area contributed by atoms with Crippen molar-refractivity contribution in [1.82, 2.24) is 9.97 Å². The monoisotopic (exact) mass is 228 g/mol. The summed E-state index contributed by atoms with van der Waals surface area (Å²) >= 11 is 0. The van der Waals surface area contributed by atoms with Crippen molar-refractivity contribution in [2.75, 3.05) is 7.11 Å². The number of rotatable bonds is 3. The molecule has 1 aromatic carbocycles. The molecular weight excluding hydrogens is 216 g/mol. The number of methoxy groups -OCH3 is 1. The molecule has 0 radical (unpaired) electrons. The summed E-state index contributed by atoms with van der Waals surface area (Å²) in [6.07, 6.45) is 3.13. The summed E-state index contributed by atoms with van der Waals surface area (Å²) in [5.41, 5.74) is 1.94. The average molecular weight is 228 g/mol. The number of ether oxygens (including phenoxy) is 1. The van der Waals surface area contributed by atoms with Gasteiger partial charge in [0.1, 0.15) is 5.69 Å². The van der Waals surface area contributed by atoms with Gasteiger partial charge >= 0.3 is 0 Å². The number of aromatic nitrogens is 2. The predicted molar refractivity (Wildman–Crippen MR) is 64.0 cm³/mol. The van der Waals surface area contributed by atoms with Gasteiger partial charge in [0.25, 0.3) is 0 Å². The van der Waals surface area contributed by atoms with Gasteiger partial charge in [-0.25, -0.2) is 9.97 Å². The molecule has 0 unspecified atom stereocenters. The first-order valence-corrected chi connectivity index (χ1v) is 5.19. The normalized spacial score (nSPS) is 10.0. The van der Waals surface area contributed by atoms with Crippen LogP contribution in [0.1, 0.15) is 17.3 Å². The van der Waals surface area contributed by atoms with Gasteiger partial charge < -0.3 is 4.74 Å². The first-order valence-electron chi connectivity index (χ1n) is 5.19. The quantitative estimate of drug-likeness (QED) is 0.757. The molecule has 4 nitrogen and oxygen atoms in total. The fourth-order valence-electron chi connectivity index (χ4n) is 1.66. The summed E-state index contributed by atoms with van der Waals surface area (Å²) < 4.78 is 5.15. The zero-order chi connectivity index (χ0) is 12.3. The van der Waals surface area contributed by atoms with E-state index in [2.05, 4.69) is 9.97 Å². The summed E-state index contributed by atoms with van der Waals surface area (Å²) in [6, 6.07) is 7.29. The Kier molecular flexibility index (Phi) is 3.14. The highest BCUT2D eigenvalue weighted by Crippen LogP contribution is 2.28. The van der Waals surface area contributed by atoms with E-state index >= 15 is 0 Å². The lowest BCUT2D eigenvalue weighted by Gasteiger charge is -2.08. The van der Waals surface area contributed by atoms with Crippen molar-refractivity contribution in [2.45, 2.75) is 6.92 Å². The average Bonchev–Trinajstić information content (AvgIpc) is 2.38. The summed E-state index contributed by atoms with van der Waals surface area (Å²) in [5.74, 6) is 0.412. The van der Waals surface area contributed by atoms with Gasteiger partial charge in [-0.15, -0.1) is 0 Å². The smallest absolute Gasteiger partial charge is 0.240 e. The van der Waals surface area contributed by atoms with E-state index in [1.54, 1.807) is 18.5 Å². The van der Waals surface area contributed by atoms with E-state index in [-0.39, 0.29) is 5.78 Å². The van der Waals surface area contributed by atoms with E-state index < -0.39 is 0 Å². The van der Waals surface area contributed by atoms with Gasteiger partial charge in [-0.2, -0.15) is 0 Å². The van der Waals surface area contributed by atoms with Crippen LogP contribution < -0.4 is 4.74 Å². The van der Waals surface area contributed by atoms with Crippen molar-refractivity contribution in [3.8, 4) is 17.1 Å². The Balaban J connectivity index is 2.64. The number of benzene rings is 1. The lowest BCUT2D eigenvalue weighted by molar-refractivity contribution is 0.101. The van der Waals surface area contributed by atoms with Gasteiger partial charge in [0, 0.05) is 23.5 Å². The SMILES string of the molecule is COc1nccnc1-c1ccccc1C(C)=O. The standard InChI is InChI=1S/C13H12N2O2/c1-9(16)10-5-3-4-6-11(10)12-13(17-2)15-8-7-14-12/h3-8H,1-2H3. The van der Waals surface area contributed by atoms with E-state index in [9.17, 15) is 4.79 Å². The number of Topliss-reactive ketones (excluding diaryl/α,β-unsaturated/α-hetero) is 1. The molecule has 0 spiro atoms. The van der Waals surface area contributed by atoms with Gasteiger partial charge in [0.15, 0.2) is 5.78 Å². The van der Waals surface area contributed by atoms with Crippen molar-refractivity contribution in [3.63, 3.8) is 0 Å². The Labute approximate surface area is 99.3 Å². The van der Waals surface area contributed by atoms with Crippen LogP contribution in [0.25, 0.3) is 11.3 Å². The number of carbonyl (C=O) groups excluding carboxylic acids is 1. The molecule has 86 valence electrons. The minimum atomic E-state index is -0.00620. The number of hydrogen-bond donors (Lipinski definition) is 0. The Morgan fingerprint density at radius 3 is 2.59 bits per heavy atom. The molecule has 0 aliphatic rings. The maximum absolute atomic E-state index is 11.6. The first kappa shape index (κ1) is 11.3. The van der Waals surface area contributed by atoms with Crippen molar-refractivity contribution in [1.29, 1.82) is 0 Å². The van der Waals surface area contributed by atoms with Crippen LogP contribution >= 0.6 is 0 Å². The van der Waals surface area contributed by atoms with Gasteiger partial charge in [-0.05, 0) is 6.92 Å². The molecule has 0 saturated heterocycles. The third kappa shape index (κ3) is 2.15. The topological polar surface area (TPSA) is 52.1 Å². The van der Waals surface area contributed by atoms with Crippen molar-refractivity contribution >= 4 is 5.78 Å². The van der Waals surface area contributed by atoms with Crippen LogP contribution in [0.4, 0.5) is 0 Å². The minimum absolute atomic E-state index is 0.00620. The predicted octanol–water partition coefficient (Wildman–Crippen LogP) is 2.35. The third-order valence-electron chi connectivity index (χ3n) is 2.42. The number of ketones is 1. The first-order chi connectivity index (χ1) is 8.24. The lowest BCUT2D eigenvalue weighted by atomic mass is 10.0. The molecule has 2 aromatic rings. The van der Waals surface area contributed by atoms with Gasteiger partial charge in [0.2, 0.25) is 5.88 Å². The maximum atomic E-state index is 11.6. The van der Waals surface area contributed by atoms with Gasteiger partial charge in [-0.3, -0.25) is 4.79 Å². The largest absolute Gasteiger partial charge is 0.479 e. The second-order valence-electron chi connectivity index (χ2n) is 3.52. The van der Waals surface area contributed by atoms with E-state index in [1.165, 1.54) is 14.0 Å². The summed E-state index contributed by atoms with van der Waals surface area (Å²) in [5, 5.41) is 0. The fourth-order valence-corrected chi connectivity index (χ4v) is 1.66. The molecule has 17 heavy (non-hydrogen) atoms. The van der Waals surface area contributed by atoms with E-state index in [1.807, 2.05) is 18.2 Å². The number of nitrogens with zero attached hydrogens (tertiary/aromatic N) is 2. The highest BCUT2D eigenvalue weighted by Gasteiger charge is 2.14. The molecule has 0 aliphatic heterocycles. The molecule has 1 aromatic heterocycles. The Hall–Kier alpha value is -2.23. The molecule has 0 amide bonds. The van der Waals surface area contributed by atoms with Crippen LogP contribution in [-0.2, 0) is 0 Å². The number of carbonyl (C=O) groups is 1. The van der Waals surface area contributed by atoms with Gasteiger partial charge in [-0.1, -0.05) is 24.3 Å². The molecular formula is C13H12N2O2. The lowest BCUT2D eigenvalue weighted by Crippen LogP contribution is -2.00. The molecule has 4 heteroatoms. The highest BCUT2D eigenvalue weighted by atomic mass is 16.5. The van der Waals surface area contributed by atoms with Crippen LogP contribution in [0.5, 0.6) is 5.88 Å². The third-order valence-corrected chi connectivity index (χ3v) is 2.42. The summed E-state index contributed by atoms with van der Waals surface area (Å²) in [6.45, 7) is 1.53. The van der Waals surface area contributed by atoms with Crippen LogP contribution in [0.3, 0.4) is 0 Å². The Morgan fingerprint density at radius 1 is 1.18 bits per heavy atom. The Bertz CT molecular complexity index is 553. The molecule has 0 N–H and O–H groups in total. The molecule has 0 fully saturated rings. The summed E-state index contributed by atoms with van der Waals surface area (Å²) in [7, 11) is 1.53. The highest BCUT2D eigenvalue weighted by molar-refractivity contribution is 6.00. The van der Waals surface area contributed by atoms with Crippen molar-refractivity contribution in [2.24, 2.45) is 0 Å². The minimum Gasteiger partial charge on any atom is -0.479 e. The zero-order valence-electron chi connectivity index (χ0n) is 9.68. The maximum Gasteiger partial charge on any atom is 0.240 e. The van der Waals surface area contributed by atoms with Gasteiger partial charge in [0.05, 0.1) is 7.11 Å². The molecule has 0 bridgehead atoms. The molecule has 0 saturated carbocycles. The Morgan fingerprint density at radius 2 is 1.88 bits per heavy atom. The van der Waals surface area contributed by atoms with Crippen molar-refractivity contribution in [3.05, 3.63) is 42.2 Å². The van der Waals surface area contributed by atoms with Crippen molar-refractivity contribution < 1.29 is 9.53 Å². The molecule has 2 rings (SSSR count). The molecule has 0 atom stereocenters. The second kappa shape index (κ2) is 4.74. The second-order valence-corrected chi connectivity index (χ2v) is 3.52. The van der Waals surface area contributed by atoms with Crippen LogP contribution in [-0.4, -0.2) is 22.9 Å².